The largest absolute Gasteiger partial charge is 0.462 e. The van der Waals surface area contributed by atoms with Crippen molar-refractivity contribution in [1.29, 1.82) is 0 Å². The molecule has 0 aromatic rings. The Kier molecular flexibility index (Phi) is 65.1. The average molecular weight is 1110 g/mol. The lowest BCUT2D eigenvalue weighted by molar-refractivity contribution is -0.167. The van der Waals surface area contributed by atoms with E-state index in [1.54, 1.807) is 0 Å². The first kappa shape index (κ1) is 76.1. The number of hydrogen-bond acceptors (Lipinski definition) is 6. The first-order chi connectivity index (χ1) is 39.0. The number of carbonyl (C=O) groups excluding carboxylic acids is 3. The minimum atomic E-state index is -0.768. The van der Waals surface area contributed by atoms with Gasteiger partial charge in [0, 0.05) is 19.3 Å². The van der Waals surface area contributed by atoms with E-state index in [2.05, 4.69) is 81.5 Å². The molecule has 0 aromatic carbocycles. The van der Waals surface area contributed by atoms with Gasteiger partial charge in [-0.15, -0.1) is 0 Å². The van der Waals surface area contributed by atoms with Gasteiger partial charge >= 0.3 is 17.9 Å². The molecule has 460 valence electrons. The van der Waals surface area contributed by atoms with Crippen molar-refractivity contribution in [2.75, 3.05) is 13.2 Å². The van der Waals surface area contributed by atoms with Crippen molar-refractivity contribution in [3.05, 3.63) is 60.8 Å². The van der Waals surface area contributed by atoms with Crippen LogP contribution in [-0.4, -0.2) is 37.2 Å². The summed E-state index contributed by atoms with van der Waals surface area (Å²) in [6.07, 6.45) is 86.8. The topological polar surface area (TPSA) is 78.9 Å². The second-order valence-electron chi connectivity index (χ2n) is 23.4. The van der Waals surface area contributed by atoms with Crippen LogP contribution in [0.3, 0.4) is 0 Å². The zero-order chi connectivity index (χ0) is 57.1. The lowest BCUT2D eigenvalue weighted by atomic mass is 10.0. The maximum absolute atomic E-state index is 12.9. The molecule has 0 spiro atoms. The molecule has 0 amide bonds. The van der Waals surface area contributed by atoms with Crippen molar-refractivity contribution < 1.29 is 28.6 Å². The molecule has 0 fully saturated rings. The highest BCUT2D eigenvalue weighted by Gasteiger charge is 2.19. The van der Waals surface area contributed by atoms with Crippen LogP contribution >= 0.6 is 0 Å². The summed E-state index contributed by atoms with van der Waals surface area (Å²) in [5.74, 6) is -0.841. The molecule has 0 aliphatic carbocycles. The lowest BCUT2D eigenvalue weighted by Crippen LogP contribution is -2.30. The minimum Gasteiger partial charge on any atom is -0.462 e. The Morgan fingerprint density at radius 3 is 0.772 bits per heavy atom. The molecular formula is C73H132O6. The predicted molar refractivity (Wildman–Crippen MR) is 344 cm³/mol. The molecule has 0 aromatic heterocycles. The van der Waals surface area contributed by atoms with Crippen LogP contribution in [0.25, 0.3) is 0 Å². The molecule has 79 heavy (non-hydrogen) atoms. The van der Waals surface area contributed by atoms with E-state index in [1.807, 2.05) is 0 Å². The molecule has 0 aliphatic heterocycles. The molecule has 0 saturated carbocycles. The number of ether oxygens (including phenoxy) is 3. The molecule has 6 heteroatoms. The average Bonchev–Trinajstić information content (AvgIpc) is 3.45. The highest BCUT2D eigenvalue weighted by atomic mass is 16.6. The van der Waals surface area contributed by atoms with E-state index in [9.17, 15) is 14.4 Å². The number of unbranched alkanes of at least 4 members (excludes halogenated alkanes) is 43. The SMILES string of the molecule is CC/C=C\C/C=C\C/C=C\C/C=C\C/C=C\CCCCCCCCCCCCCCCCCCCC(=O)OCC(COC(=O)CCCCCCCCCCCCC)OC(=O)CCCCCCCCCCCCCCCCCCC. The van der Waals surface area contributed by atoms with Crippen LogP contribution in [0, 0.1) is 0 Å². The summed E-state index contributed by atoms with van der Waals surface area (Å²) in [4.78, 5) is 38.3. The summed E-state index contributed by atoms with van der Waals surface area (Å²) in [5, 5.41) is 0. The second-order valence-corrected chi connectivity index (χ2v) is 23.4. The Labute approximate surface area is 491 Å². The Balaban J connectivity index is 4.10. The third-order valence-corrected chi connectivity index (χ3v) is 15.5. The van der Waals surface area contributed by atoms with E-state index in [0.29, 0.717) is 19.3 Å². The molecule has 1 unspecified atom stereocenters. The van der Waals surface area contributed by atoms with Crippen molar-refractivity contribution in [3.63, 3.8) is 0 Å². The zero-order valence-corrected chi connectivity index (χ0v) is 52.9. The summed E-state index contributed by atoms with van der Waals surface area (Å²) in [7, 11) is 0. The fourth-order valence-electron chi connectivity index (χ4n) is 10.4. The van der Waals surface area contributed by atoms with E-state index in [4.69, 9.17) is 14.2 Å². The van der Waals surface area contributed by atoms with Crippen LogP contribution in [0.1, 0.15) is 367 Å². The predicted octanol–water partition coefficient (Wildman–Crippen LogP) is 23.9. The lowest BCUT2D eigenvalue weighted by Gasteiger charge is -2.18. The molecule has 0 rings (SSSR count). The van der Waals surface area contributed by atoms with E-state index >= 15 is 0 Å². The van der Waals surface area contributed by atoms with Crippen molar-refractivity contribution in [2.45, 2.75) is 374 Å². The van der Waals surface area contributed by atoms with Gasteiger partial charge in [0.05, 0.1) is 0 Å². The summed E-state index contributed by atoms with van der Waals surface area (Å²) in [5.41, 5.74) is 0. The number of allylic oxidation sites excluding steroid dienone is 10. The maximum Gasteiger partial charge on any atom is 0.306 e. The molecule has 0 aliphatic rings. The smallest absolute Gasteiger partial charge is 0.306 e. The Hall–Kier alpha value is -2.89. The van der Waals surface area contributed by atoms with Gasteiger partial charge in [-0.3, -0.25) is 14.4 Å². The Bertz CT molecular complexity index is 1410. The van der Waals surface area contributed by atoms with Crippen LogP contribution in [0.5, 0.6) is 0 Å². The number of rotatable bonds is 64. The summed E-state index contributed by atoms with van der Waals surface area (Å²) in [6.45, 7) is 6.58. The molecular weight excluding hydrogens is 973 g/mol. The first-order valence-electron chi connectivity index (χ1n) is 34.8. The van der Waals surface area contributed by atoms with Crippen LogP contribution < -0.4 is 0 Å². The highest BCUT2D eigenvalue weighted by molar-refractivity contribution is 5.71. The van der Waals surface area contributed by atoms with Crippen LogP contribution in [0.4, 0.5) is 0 Å². The summed E-state index contributed by atoms with van der Waals surface area (Å²) >= 11 is 0. The van der Waals surface area contributed by atoms with Gasteiger partial charge in [0.15, 0.2) is 6.10 Å². The number of hydrogen-bond donors (Lipinski definition) is 0. The normalized spacial score (nSPS) is 12.4. The fourth-order valence-corrected chi connectivity index (χ4v) is 10.4. The fraction of sp³-hybridized carbons (Fsp3) is 0.822. The van der Waals surface area contributed by atoms with Gasteiger partial charge in [-0.1, -0.05) is 345 Å². The van der Waals surface area contributed by atoms with Gasteiger partial charge in [-0.2, -0.15) is 0 Å². The van der Waals surface area contributed by atoms with E-state index < -0.39 is 6.10 Å². The van der Waals surface area contributed by atoms with E-state index in [0.717, 1.165) is 89.9 Å². The van der Waals surface area contributed by atoms with Crippen molar-refractivity contribution in [3.8, 4) is 0 Å². The molecule has 0 saturated heterocycles. The Morgan fingerprint density at radius 2 is 0.494 bits per heavy atom. The highest BCUT2D eigenvalue weighted by Crippen LogP contribution is 2.18. The third-order valence-electron chi connectivity index (χ3n) is 15.5. The van der Waals surface area contributed by atoms with E-state index in [1.165, 1.54) is 238 Å². The number of esters is 3. The van der Waals surface area contributed by atoms with Crippen LogP contribution in [0.2, 0.25) is 0 Å². The Morgan fingerprint density at radius 1 is 0.266 bits per heavy atom. The monoisotopic (exact) mass is 1110 g/mol. The molecule has 0 radical (unpaired) electrons. The van der Waals surface area contributed by atoms with Gasteiger partial charge in [-0.05, 0) is 64.2 Å². The van der Waals surface area contributed by atoms with Gasteiger partial charge in [0.25, 0.3) is 0 Å². The second kappa shape index (κ2) is 67.6. The molecule has 6 nitrogen and oxygen atoms in total. The molecule has 0 N–H and O–H groups in total. The van der Waals surface area contributed by atoms with Crippen LogP contribution in [-0.2, 0) is 28.6 Å². The number of carbonyl (C=O) groups is 3. The zero-order valence-electron chi connectivity index (χ0n) is 52.9. The minimum absolute atomic E-state index is 0.0662. The van der Waals surface area contributed by atoms with Gasteiger partial charge in [0.1, 0.15) is 13.2 Å². The maximum atomic E-state index is 12.9. The third kappa shape index (κ3) is 65.8. The van der Waals surface area contributed by atoms with Crippen LogP contribution in [0.15, 0.2) is 60.8 Å². The van der Waals surface area contributed by atoms with Gasteiger partial charge in [-0.25, -0.2) is 0 Å². The quantitative estimate of drug-likeness (QED) is 0.0261. The summed E-state index contributed by atoms with van der Waals surface area (Å²) < 4.78 is 17.0. The van der Waals surface area contributed by atoms with Gasteiger partial charge < -0.3 is 14.2 Å². The van der Waals surface area contributed by atoms with Crippen molar-refractivity contribution in [1.82, 2.24) is 0 Å². The van der Waals surface area contributed by atoms with Gasteiger partial charge in [0.2, 0.25) is 0 Å². The molecule has 0 bridgehead atoms. The van der Waals surface area contributed by atoms with Crippen molar-refractivity contribution >= 4 is 17.9 Å². The van der Waals surface area contributed by atoms with E-state index in [-0.39, 0.29) is 31.1 Å². The summed E-state index contributed by atoms with van der Waals surface area (Å²) in [6, 6.07) is 0. The first-order valence-corrected chi connectivity index (χ1v) is 34.8. The molecule has 0 heterocycles. The molecule has 1 atom stereocenters. The van der Waals surface area contributed by atoms with Crippen molar-refractivity contribution in [2.24, 2.45) is 0 Å². The standard InChI is InChI=1S/C73H132O6/c1-4-7-10-13-16-19-22-24-26-28-29-30-31-32-33-34-35-36-37-38-39-40-41-42-43-45-46-48-51-54-57-60-63-66-72(75)78-69-70(68-77-71(74)65-62-59-56-53-50-21-18-15-12-9-6-3)79-73(76)67-64-61-58-55-52-49-47-44-27-25-23-20-17-14-11-8-5-2/h7,10,16,19,24,26,29-30,32-33,70H,4-6,8-9,11-15,17-18,20-23,25,27-28,31,34-69H2,1-3H3/b10-7-,19-16-,26-24-,30-29-,33-32-.